The highest BCUT2D eigenvalue weighted by atomic mass is 16.5. The first-order chi connectivity index (χ1) is 10.2. The van der Waals surface area contributed by atoms with E-state index in [4.69, 9.17) is 4.74 Å². The zero-order valence-electron chi connectivity index (χ0n) is 13.2. The van der Waals surface area contributed by atoms with Crippen LogP contribution in [0.4, 0.5) is 5.69 Å². The molecule has 1 N–H and O–H groups in total. The van der Waals surface area contributed by atoms with Crippen molar-refractivity contribution in [1.29, 1.82) is 0 Å². The molecule has 0 fully saturated rings. The second-order valence-corrected chi connectivity index (χ2v) is 5.67. The van der Waals surface area contributed by atoms with Crippen molar-refractivity contribution in [3.05, 3.63) is 59.7 Å². The maximum Gasteiger partial charge on any atom is 0.119 e. The number of hydrogen-bond acceptors (Lipinski definition) is 2. The molecule has 2 nitrogen and oxygen atoms in total. The summed E-state index contributed by atoms with van der Waals surface area (Å²) in [4.78, 5) is 0. The summed E-state index contributed by atoms with van der Waals surface area (Å²) in [6.07, 6.45) is 0.986. The van der Waals surface area contributed by atoms with Crippen molar-refractivity contribution in [3.63, 3.8) is 0 Å². The monoisotopic (exact) mass is 283 g/mol. The van der Waals surface area contributed by atoms with E-state index in [0.29, 0.717) is 5.92 Å². The highest BCUT2D eigenvalue weighted by Crippen LogP contribution is 2.23. The van der Waals surface area contributed by atoms with Crippen LogP contribution in [0.15, 0.2) is 48.5 Å². The van der Waals surface area contributed by atoms with E-state index in [0.717, 1.165) is 31.0 Å². The van der Waals surface area contributed by atoms with Gasteiger partial charge in [0.2, 0.25) is 0 Å². The summed E-state index contributed by atoms with van der Waals surface area (Å²) < 4.78 is 5.82. The molecule has 2 aromatic carbocycles. The molecule has 0 radical (unpaired) electrons. The van der Waals surface area contributed by atoms with Crippen molar-refractivity contribution in [3.8, 4) is 5.75 Å². The van der Waals surface area contributed by atoms with Gasteiger partial charge in [-0.2, -0.15) is 0 Å². The van der Waals surface area contributed by atoms with E-state index in [1.54, 1.807) is 0 Å². The molecule has 0 aliphatic carbocycles. The zero-order chi connectivity index (χ0) is 15.1. The Hall–Kier alpha value is -1.96. The van der Waals surface area contributed by atoms with Gasteiger partial charge in [-0.15, -0.1) is 0 Å². The number of aryl methyl sites for hydroxylation is 1. The lowest BCUT2D eigenvalue weighted by Gasteiger charge is -2.12. The van der Waals surface area contributed by atoms with Crippen molar-refractivity contribution < 1.29 is 4.74 Å². The molecule has 21 heavy (non-hydrogen) atoms. The minimum absolute atomic E-state index is 0.564. The molecule has 0 saturated carbocycles. The number of rotatable bonds is 7. The van der Waals surface area contributed by atoms with E-state index >= 15 is 0 Å². The quantitative estimate of drug-likeness (QED) is 0.722. The second kappa shape index (κ2) is 7.72. The summed E-state index contributed by atoms with van der Waals surface area (Å²) in [5.41, 5.74) is 3.87. The lowest BCUT2D eigenvalue weighted by atomic mass is 9.98. The van der Waals surface area contributed by atoms with Crippen LogP contribution in [-0.2, 0) is 0 Å². The number of ether oxygens (including phenoxy) is 1. The molecule has 112 valence electrons. The van der Waals surface area contributed by atoms with Gasteiger partial charge in [0.1, 0.15) is 5.75 Å². The molecular weight excluding hydrogens is 258 g/mol. The Balaban J connectivity index is 1.72. The summed E-state index contributed by atoms with van der Waals surface area (Å²) in [7, 11) is 0. The SMILES string of the molecule is Cc1cc(OCCCNc2ccccc2)ccc1C(C)C. The fourth-order valence-corrected chi connectivity index (χ4v) is 2.44. The Morgan fingerprint density at radius 1 is 1.05 bits per heavy atom. The third kappa shape index (κ3) is 4.82. The Morgan fingerprint density at radius 3 is 2.48 bits per heavy atom. The molecule has 0 spiro atoms. The van der Waals surface area contributed by atoms with Crippen LogP contribution in [-0.4, -0.2) is 13.2 Å². The standard InChI is InChI=1S/C19H25NO/c1-15(2)19-11-10-18(14-16(19)3)21-13-7-12-20-17-8-5-4-6-9-17/h4-6,8-11,14-15,20H,7,12-13H2,1-3H3. The van der Waals surface area contributed by atoms with E-state index in [1.807, 2.05) is 18.2 Å². The molecule has 0 atom stereocenters. The molecule has 0 aliphatic heterocycles. The Kier molecular flexibility index (Phi) is 5.68. The lowest BCUT2D eigenvalue weighted by Crippen LogP contribution is -2.07. The van der Waals surface area contributed by atoms with Crippen molar-refractivity contribution in [2.75, 3.05) is 18.5 Å². The van der Waals surface area contributed by atoms with Gasteiger partial charge in [-0.3, -0.25) is 0 Å². The van der Waals surface area contributed by atoms with E-state index in [9.17, 15) is 0 Å². The molecule has 0 aromatic heterocycles. The molecule has 0 heterocycles. The summed E-state index contributed by atoms with van der Waals surface area (Å²) in [5.74, 6) is 1.53. The average Bonchev–Trinajstić information content (AvgIpc) is 2.47. The molecule has 0 aliphatic rings. The Morgan fingerprint density at radius 2 is 1.81 bits per heavy atom. The van der Waals surface area contributed by atoms with Gasteiger partial charge in [0.15, 0.2) is 0 Å². The number of anilines is 1. The summed E-state index contributed by atoms with van der Waals surface area (Å²) >= 11 is 0. The molecule has 0 saturated heterocycles. The van der Waals surface area contributed by atoms with Crippen LogP contribution >= 0.6 is 0 Å². The number of hydrogen-bond donors (Lipinski definition) is 1. The van der Waals surface area contributed by atoms with Gasteiger partial charge in [0.25, 0.3) is 0 Å². The zero-order valence-corrected chi connectivity index (χ0v) is 13.2. The smallest absolute Gasteiger partial charge is 0.119 e. The maximum absolute atomic E-state index is 5.82. The predicted molar refractivity (Wildman–Crippen MR) is 90.3 cm³/mol. The Bertz CT molecular complexity index is 549. The van der Waals surface area contributed by atoms with E-state index in [-0.39, 0.29) is 0 Å². The molecule has 2 aromatic rings. The van der Waals surface area contributed by atoms with Gasteiger partial charge in [0, 0.05) is 12.2 Å². The molecular formula is C19H25NO. The van der Waals surface area contributed by atoms with E-state index in [1.165, 1.54) is 11.1 Å². The van der Waals surface area contributed by atoms with Crippen LogP contribution in [0.25, 0.3) is 0 Å². The van der Waals surface area contributed by atoms with Crippen LogP contribution in [0.2, 0.25) is 0 Å². The molecule has 0 amide bonds. The van der Waals surface area contributed by atoms with E-state index < -0.39 is 0 Å². The third-order valence-corrected chi connectivity index (χ3v) is 3.56. The van der Waals surface area contributed by atoms with Gasteiger partial charge in [-0.05, 0) is 54.7 Å². The summed E-state index contributed by atoms with van der Waals surface area (Å²) in [6.45, 7) is 8.25. The normalized spacial score (nSPS) is 10.7. The molecule has 0 bridgehead atoms. The van der Waals surface area contributed by atoms with Crippen LogP contribution in [0.5, 0.6) is 5.75 Å². The van der Waals surface area contributed by atoms with Gasteiger partial charge in [-0.1, -0.05) is 38.1 Å². The first kappa shape index (κ1) is 15.4. The van der Waals surface area contributed by atoms with Crippen molar-refractivity contribution in [1.82, 2.24) is 0 Å². The van der Waals surface area contributed by atoms with Crippen molar-refractivity contribution >= 4 is 5.69 Å². The van der Waals surface area contributed by atoms with E-state index in [2.05, 4.69) is 56.4 Å². The highest BCUT2D eigenvalue weighted by Gasteiger charge is 2.04. The fourth-order valence-electron chi connectivity index (χ4n) is 2.44. The fraction of sp³-hybridized carbons (Fsp3) is 0.368. The van der Waals surface area contributed by atoms with Gasteiger partial charge >= 0.3 is 0 Å². The van der Waals surface area contributed by atoms with Gasteiger partial charge in [-0.25, -0.2) is 0 Å². The molecule has 2 heteroatoms. The van der Waals surface area contributed by atoms with Crippen LogP contribution in [0.1, 0.15) is 37.3 Å². The molecule has 2 rings (SSSR count). The largest absolute Gasteiger partial charge is 0.494 e. The first-order valence-electron chi connectivity index (χ1n) is 7.69. The minimum Gasteiger partial charge on any atom is -0.494 e. The molecule has 0 unspecified atom stereocenters. The van der Waals surface area contributed by atoms with Crippen LogP contribution in [0, 0.1) is 6.92 Å². The van der Waals surface area contributed by atoms with Crippen LogP contribution in [0.3, 0.4) is 0 Å². The number of para-hydroxylation sites is 1. The third-order valence-electron chi connectivity index (χ3n) is 3.56. The predicted octanol–water partition coefficient (Wildman–Crippen LogP) is 5.00. The average molecular weight is 283 g/mol. The highest BCUT2D eigenvalue weighted by molar-refractivity contribution is 5.42. The van der Waals surface area contributed by atoms with Gasteiger partial charge < -0.3 is 10.1 Å². The maximum atomic E-state index is 5.82. The van der Waals surface area contributed by atoms with Crippen LogP contribution < -0.4 is 10.1 Å². The number of nitrogens with one attached hydrogen (secondary N) is 1. The number of benzene rings is 2. The minimum atomic E-state index is 0.564. The summed E-state index contributed by atoms with van der Waals surface area (Å²) in [6, 6.07) is 16.7. The lowest BCUT2D eigenvalue weighted by molar-refractivity contribution is 0.314. The topological polar surface area (TPSA) is 21.3 Å². The van der Waals surface area contributed by atoms with Gasteiger partial charge in [0.05, 0.1) is 6.61 Å². The van der Waals surface area contributed by atoms with Crippen molar-refractivity contribution in [2.45, 2.75) is 33.1 Å². The first-order valence-corrected chi connectivity index (χ1v) is 7.69. The second-order valence-electron chi connectivity index (χ2n) is 5.67. The Labute approximate surface area is 128 Å². The summed E-state index contributed by atoms with van der Waals surface area (Å²) in [5, 5.41) is 3.39. The van der Waals surface area contributed by atoms with Crippen molar-refractivity contribution in [2.24, 2.45) is 0 Å².